The average molecular weight is 497 g/mol. The molecule has 1 saturated heterocycles. The van der Waals surface area contributed by atoms with E-state index in [9.17, 15) is 24.3 Å². The number of carbonyl (C=O) groups excluding carboxylic acids is 3. The largest absolute Gasteiger partial charge is 0.477 e. The molecule has 2 aliphatic heterocycles. The number of rotatable bonds is 8. The summed E-state index contributed by atoms with van der Waals surface area (Å²) in [7, 11) is 0. The molecule has 0 spiro atoms. The Morgan fingerprint density at radius 2 is 1.77 bits per heavy atom. The van der Waals surface area contributed by atoms with Crippen molar-refractivity contribution in [3.63, 3.8) is 0 Å². The van der Waals surface area contributed by atoms with Crippen molar-refractivity contribution in [1.82, 2.24) is 10.2 Å². The Bertz CT molecular complexity index is 1220. The van der Waals surface area contributed by atoms with E-state index in [4.69, 9.17) is 15.3 Å². The standard InChI is InChI=1S/C23H20N4O7S/c24-23(32)33-11-14-12-35-21-17(20(29)27(21)18(14)22(30)31)25-19(28)16(13-7-3-1-4-8-13)26-34-15-9-5-2-6-10-15/h1-10,17,21H,11-12H2,(H2,24,32)(H,25,28)(H,30,31)/b26-16-/t17-,21-/m1/s1. The number of nitrogens with two attached hydrogens (primary N) is 1. The predicted octanol–water partition coefficient (Wildman–Crippen LogP) is 1.30. The van der Waals surface area contributed by atoms with Crippen LogP contribution in [0.5, 0.6) is 5.75 Å². The number of thioether (sulfide) groups is 1. The van der Waals surface area contributed by atoms with Crippen molar-refractivity contribution in [2.45, 2.75) is 11.4 Å². The number of amides is 3. The molecule has 11 nitrogen and oxygen atoms in total. The van der Waals surface area contributed by atoms with Gasteiger partial charge >= 0.3 is 12.1 Å². The van der Waals surface area contributed by atoms with Crippen LogP contribution in [0.25, 0.3) is 0 Å². The van der Waals surface area contributed by atoms with E-state index < -0.39 is 35.3 Å². The normalized spacial score (nSPS) is 19.4. The van der Waals surface area contributed by atoms with Crippen molar-refractivity contribution in [3.05, 3.63) is 77.5 Å². The van der Waals surface area contributed by atoms with Crippen LogP contribution in [0.4, 0.5) is 4.79 Å². The Morgan fingerprint density at radius 1 is 1.11 bits per heavy atom. The third-order valence-corrected chi connectivity index (χ3v) is 6.51. The number of β-lactam (4-membered cyclic amide) rings is 1. The van der Waals surface area contributed by atoms with Crippen LogP contribution in [0.3, 0.4) is 0 Å². The van der Waals surface area contributed by atoms with Gasteiger partial charge < -0.3 is 25.7 Å². The van der Waals surface area contributed by atoms with E-state index in [1.807, 2.05) is 6.07 Å². The molecule has 1 fully saturated rings. The van der Waals surface area contributed by atoms with Crippen LogP contribution in [0.2, 0.25) is 0 Å². The number of hydrogen-bond donors (Lipinski definition) is 3. The van der Waals surface area contributed by atoms with Gasteiger partial charge in [0.2, 0.25) is 0 Å². The number of nitrogens with zero attached hydrogens (tertiary/aromatic N) is 2. The van der Waals surface area contributed by atoms with Gasteiger partial charge in [-0.1, -0.05) is 53.7 Å². The Balaban J connectivity index is 1.53. The number of hydrogen-bond acceptors (Lipinski definition) is 8. The van der Waals surface area contributed by atoms with Crippen molar-refractivity contribution >= 4 is 41.4 Å². The van der Waals surface area contributed by atoms with Gasteiger partial charge in [0.1, 0.15) is 23.7 Å². The second-order valence-corrected chi connectivity index (χ2v) is 8.54. The SMILES string of the molecule is NC(=O)OCC1=C(C(=O)O)N2C(=O)[C@@H](NC(=O)/C(=N\Oc3ccccc3)c3ccccc3)[C@H]2SC1. The number of benzene rings is 2. The van der Waals surface area contributed by atoms with E-state index in [-0.39, 0.29) is 29.3 Å². The van der Waals surface area contributed by atoms with Crippen LogP contribution in [0.15, 0.2) is 77.1 Å². The minimum Gasteiger partial charge on any atom is -0.477 e. The third-order valence-electron chi connectivity index (χ3n) is 5.17. The number of aliphatic carboxylic acids is 1. The molecule has 35 heavy (non-hydrogen) atoms. The number of carboxylic acid groups (broad SMARTS) is 1. The first-order chi connectivity index (χ1) is 16.9. The number of primary amides is 1. The zero-order chi connectivity index (χ0) is 24.9. The molecule has 0 aliphatic carbocycles. The van der Waals surface area contributed by atoms with Crippen molar-refractivity contribution in [2.75, 3.05) is 12.4 Å². The zero-order valence-electron chi connectivity index (χ0n) is 18.1. The summed E-state index contributed by atoms with van der Waals surface area (Å²) < 4.78 is 4.71. The Labute approximate surface area is 203 Å². The lowest BCUT2D eigenvalue weighted by Gasteiger charge is -2.49. The molecule has 0 unspecified atom stereocenters. The molecule has 4 N–H and O–H groups in total. The molecular weight excluding hydrogens is 476 g/mol. The van der Waals surface area contributed by atoms with Gasteiger partial charge in [-0.15, -0.1) is 11.8 Å². The van der Waals surface area contributed by atoms with Gasteiger partial charge in [0.15, 0.2) is 11.5 Å². The second kappa shape index (κ2) is 10.3. The number of fused-ring (bicyclic) bond motifs is 1. The molecule has 2 heterocycles. The fourth-order valence-corrected chi connectivity index (χ4v) is 4.89. The first-order valence-corrected chi connectivity index (χ1v) is 11.4. The van der Waals surface area contributed by atoms with Crippen LogP contribution in [0, 0.1) is 0 Å². The van der Waals surface area contributed by atoms with E-state index in [0.717, 1.165) is 4.90 Å². The molecular formula is C23H20N4O7S. The van der Waals surface area contributed by atoms with Crippen LogP contribution < -0.4 is 15.9 Å². The van der Waals surface area contributed by atoms with Crippen molar-refractivity contribution in [2.24, 2.45) is 10.9 Å². The molecule has 2 aliphatic rings. The summed E-state index contributed by atoms with van der Waals surface area (Å²) in [5, 5.41) is 15.6. The molecule has 3 amide bonds. The summed E-state index contributed by atoms with van der Waals surface area (Å²) in [5.74, 6) is -2.02. The molecule has 4 rings (SSSR count). The summed E-state index contributed by atoms with van der Waals surface area (Å²) in [4.78, 5) is 55.2. The number of oxime groups is 1. The van der Waals surface area contributed by atoms with Crippen LogP contribution >= 0.6 is 11.8 Å². The van der Waals surface area contributed by atoms with E-state index in [0.29, 0.717) is 11.3 Å². The first-order valence-electron chi connectivity index (χ1n) is 10.4. The van der Waals surface area contributed by atoms with E-state index >= 15 is 0 Å². The maximum Gasteiger partial charge on any atom is 0.404 e. The summed E-state index contributed by atoms with van der Waals surface area (Å²) in [5.41, 5.74) is 5.33. The average Bonchev–Trinajstić information content (AvgIpc) is 2.86. The number of carbonyl (C=O) groups is 4. The molecule has 0 aromatic heterocycles. The lowest BCUT2D eigenvalue weighted by Crippen LogP contribution is -2.71. The molecule has 2 aromatic rings. The number of carboxylic acids is 1. The lowest BCUT2D eigenvalue weighted by molar-refractivity contribution is -0.150. The Hall–Kier alpha value is -4.32. The molecule has 2 aromatic carbocycles. The predicted molar refractivity (Wildman–Crippen MR) is 125 cm³/mol. The highest BCUT2D eigenvalue weighted by molar-refractivity contribution is 8.00. The Kier molecular flexibility index (Phi) is 7.01. The van der Waals surface area contributed by atoms with E-state index in [1.165, 1.54) is 11.8 Å². The van der Waals surface area contributed by atoms with Crippen molar-refractivity contribution in [1.29, 1.82) is 0 Å². The summed E-state index contributed by atoms with van der Waals surface area (Å²) in [6, 6.07) is 16.3. The van der Waals surface area contributed by atoms with Gasteiger partial charge in [-0.2, -0.15) is 0 Å². The van der Waals surface area contributed by atoms with E-state index in [2.05, 4.69) is 10.5 Å². The number of ether oxygens (including phenoxy) is 1. The molecule has 0 radical (unpaired) electrons. The minimum absolute atomic E-state index is 0.0499. The van der Waals surface area contributed by atoms with E-state index in [1.54, 1.807) is 54.6 Å². The van der Waals surface area contributed by atoms with Crippen molar-refractivity contribution in [3.8, 4) is 5.75 Å². The smallest absolute Gasteiger partial charge is 0.404 e. The van der Waals surface area contributed by atoms with Gasteiger partial charge in [0, 0.05) is 16.9 Å². The minimum atomic E-state index is -1.35. The number of nitrogens with one attached hydrogen (secondary N) is 1. The fraction of sp³-hybridized carbons (Fsp3) is 0.174. The monoisotopic (exact) mass is 496 g/mol. The highest BCUT2D eigenvalue weighted by atomic mass is 32.2. The molecule has 12 heteroatoms. The van der Waals surface area contributed by atoms with Gasteiger partial charge in [0.05, 0.1) is 0 Å². The molecule has 2 atom stereocenters. The van der Waals surface area contributed by atoms with Gasteiger partial charge in [-0.25, -0.2) is 9.59 Å². The molecule has 0 saturated carbocycles. The maximum absolute atomic E-state index is 13.1. The summed E-state index contributed by atoms with van der Waals surface area (Å²) in [6.45, 7) is -0.348. The molecule has 0 bridgehead atoms. The highest BCUT2D eigenvalue weighted by Gasteiger charge is 2.54. The maximum atomic E-state index is 13.1. The zero-order valence-corrected chi connectivity index (χ0v) is 18.9. The Morgan fingerprint density at radius 3 is 2.40 bits per heavy atom. The van der Waals surface area contributed by atoms with Gasteiger partial charge in [-0.3, -0.25) is 14.5 Å². The topological polar surface area (TPSA) is 161 Å². The molecule has 180 valence electrons. The van der Waals surface area contributed by atoms with Gasteiger partial charge in [0.25, 0.3) is 11.8 Å². The van der Waals surface area contributed by atoms with Gasteiger partial charge in [-0.05, 0) is 12.1 Å². The lowest BCUT2D eigenvalue weighted by atomic mass is 10.0. The van der Waals surface area contributed by atoms with Crippen LogP contribution in [-0.2, 0) is 19.1 Å². The first kappa shape index (κ1) is 23.8. The third kappa shape index (κ3) is 5.11. The fourth-order valence-electron chi connectivity index (χ4n) is 3.56. The van der Waals surface area contributed by atoms with Crippen LogP contribution in [0.1, 0.15) is 5.56 Å². The van der Waals surface area contributed by atoms with Crippen LogP contribution in [-0.4, -0.2) is 63.4 Å². The summed E-state index contributed by atoms with van der Waals surface area (Å²) in [6.07, 6.45) is -1.06. The second-order valence-electron chi connectivity index (χ2n) is 7.44. The highest BCUT2D eigenvalue weighted by Crippen LogP contribution is 2.40. The van der Waals surface area contributed by atoms with Crippen molar-refractivity contribution < 1.29 is 33.9 Å². The quantitative estimate of drug-likeness (QED) is 0.280. The summed E-state index contributed by atoms with van der Waals surface area (Å²) >= 11 is 1.23. The number of para-hydroxylation sites is 1.